The van der Waals surface area contributed by atoms with Crippen LogP contribution < -0.4 is 0 Å². The van der Waals surface area contributed by atoms with Crippen LogP contribution in [-0.2, 0) is 0 Å². The van der Waals surface area contributed by atoms with Gasteiger partial charge in [-0.2, -0.15) is 11.8 Å². The highest BCUT2D eigenvalue weighted by molar-refractivity contribution is 7.99. The summed E-state index contributed by atoms with van der Waals surface area (Å²) in [5, 5.41) is 4.08. The number of carbonyl (C=O) groups is 1. The summed E-state index contributed by atoms with van der Waals surface area (Å²) in [6.45, 7) is 4.09. The van der Waals surface area contributed by atoms with Gasteiger partial charge in [0.15, 0.2) is 11.5 Å². The fourth-order valence-electron chi connectivity index (χ4n) is 3.77. The highest BCUT2D eigenvalue weighted by Gasteiger charge is 2.30. The Labute approximate surface area is 158 Å². The lowest BCUT2D eigenvalue weighted by Crippen LogP contribution is -2.47. The molecule has 2 aliphatic heterocycles. The van der Waals surface area contributed by atoms with E-state index in [4.69, 9.17) is 4.52 Å². The Bertz CT molecular complexity index is 728. The van der Waals surface area contributed by atoms with Crippen LogP contribution in [0.25, 0.3) is 11.3 Å². The van der Waals surface area contributed by atoms with E-state index in [0.717, 1.165) is 49.7 Å². The number of likely N-dealkylation sites (tertiary alicyclic amines) is 1. The molecular formula is C20H25N3O2S. The molecule has 3 heterocycles. The first-order valence-electron chi connectivity index (χ1n) is 9.44. The zero-order valence-electron chi connectivity index (χ0n) is 15.0. The summed E-state index contributed by atoms with van der Waals surface area (Å²) in [6.07, 6.45) is 3.59. The quantitative estimate of drug-likeness (QED) is 0.825. The summed E-state index contributed by atoms with van der Waals surface area (Å²) in [5.41, 5.74) is 1.36. The molecule has 138 valence electrons. The van der Waals surface area contributed by atoms with Crippen LogP contribution in [0.2, 0.25) is 0 Å². The normalized spacial score (nSPS) is 21.7. The lowest BCUT2D eigenvalue weighted by molar-refractivity contribution is 0.0656. The highest BCUT2D eigenvalue weighted by Crippen LogP contribution is 2.24. The van der Waals surface area contributed by atoms with E-state index in [2.05, 4.69) is 10.1 Å². The van der Waals surface area contributed by atoms with Crippen molar-refractivity contribution in [2.45, 2.75) is 25.3 Å². The monoisotopic (exact) mass is 371 g/mol. The van der Waals surface area contributed by atoms with Crippen LogP contribution in [0.15, 0.2) is 40.9 Å². The average molecular weight is 372 g/mol. The number of carbonyl (C=O) groups excluding carboxylic acids is 1. The van der Waals surface area contributed by atoms with E-state index in [0.29, 0.717) is 11.5 Å². The molecule has 1 aromatic heterocycles. The molecule has 4 rings (SSSR count). The predicted octanol–water partition coefficient (Wildman–Crippen LogP) is 3.39. The molecule has 2 saturated heterocycles. The fourth-order valence-corrected chi connectivity index (χ4v) is 4.83. The Morgan fingerprint density at radius 2 is 1.96 bits per heavy atom. The van der Waals surface area contributed by atoms with Crippen molar-refractivity contribution in [2.24, 2.45) is 0 Å². The number of benzene rings is 1. The zero-order chi connectivity index (χ0) is 17.8. The van der Waals surface area contributed by atoms with Gasteiger partial charge in [0.2, 0.25) is 0 Å². The van der Waals surface area contributed by atoms with Crippen molar-refractivity contribution in [2.75, 3.05) is 37.7 Å². The van der Waals surface area contributed by atoms with Crippen molar-refractivity contribution in [1.82, 2.24) is 15.0 Å². The minimum atomic E-state index is 0.00243. The van der Waals surface area contributed by atoms with Crippen molar-refractivity contribution in [3.05, 3.63) is 42.1 Å². The molecule has 0 radical (unpaired) electrons. The fraction of sp³-hybridized carbons (Fsp3) is 0.500. The molecule has 2 aromatic rings. The maximum absolute atomic E-state index is 13.2. The lowest BCUT2D eigenvalue weighted by Gasteiger charge is -2.32. The van der Waals surface area contributed by atoms with E-state index in [1.54, 1.807) is 6.07 Å². The first-order valence-corrected chi connectivity index (χ1v) is 10.6. The summed E-state index contributed by atoms with van der Waals surface area (Å²) in [6, 6.07) is 11.8. The third kappa shape index (κ3) is 3.96. The Morgan fingerprint density at radius 1 is 1.15 bits per heavy atom. The SMILES string of the molecule is O=C(c1cc(-c2ccccc2)on1)N1CCCSCC1CN1CCCC1. The van der Waals surface area contributed by atoms with E-state index < -0.39 is 0 Å². The molecule has 0 N–H and O–H groups in total. The third-order valence-electron chi connectivity index (χ3n) is 5.15. The smallest absolute Gasteiger partial charge is 0.276 e. The van der Waals surface area contributed by atoms with Crippen molar-refractivity contribution in [3.63, 3.8) is 0 Å². The molecule has 2 fully saturated rings. The zero-order valence-corrected chi connectivity index (χ0v) is 15.8. The predicted molar refractivity (Wildman–Crippen MR) is 104 cm³/mol. The molecule has 1 aromatic carbocycles. The minimum absolute atomic E-state index is 0.00243. The molecule has 5 nitrogen and oxygen atoms in total. The maximum Gasteiger partial charge on any atom is 0.276 e. The molecule has 1 amide bonds. The molecule has 0 aliphatic carbocycles. The van der Waals surface area contributed by atoms with E-state index >= 15 is 0 Å². The van der Waals surface area contributed by atoms with Crippen LogP contribution in [0.3, 0.4) is 0 Å². The molecular weight excluding hydrogens is 346 g/mol. The van der Waals surface area contributed by atoms with Crippen molar-refractivity contribution in [3.8, 4) is 11.3 Å². The summed E-state index contributed by atoms with van der Waals surface area (Å²) in [4.78, 5) is 17.7. The lowest BCUT2D eigenvalue weighted by atomic mass is 10.1. The van der Waals surface area contributed by atoms with Gasteiger partial charge in [-0.1, -0.05) is 35.5 Å². The number of hydrogen-bond donors (Lipinski definition) is 0. The van der Waals surface area contributed by atoms with Gasteiger partial charge in [0.25, 0.3) is 5.91 Å². The van der Waals surface area contributed by atoms with E-state index in [1.165, 1.54) is 12.8 Å². The van der Waals surface area contributed by atoms with Gasteiger partial charge in [0, 0.05) is 30.5 Å². The van der Waals surface area contributed by atoms with Crippen LogP contribution in [0.4, 0.5) is 0 Å². The Balaban J connectivity index is 1.51. The summed E-state index contributed by atoms with van der Waals surface area (Å²) in [7, 11) is 0. The van der Waals surface area contributed by atoms with E-state index in [9.17, 15) is 4.79 Å². The second-order valence-corrected chi connectivity index (χ2v) is 8.18. The molecule has 1 atom stereocenters. The highest BCUT2D eigenvalue weighted by atomic mass is 32.2. The largest absolute Gasteiger partial charge is 0.355 e. The number of nitrogens with zero attached hydrogens (tertiary/aromatic N) is 3. The summed E-state index contributed by atoms with van der Waals surface area (Å²) in [5.74, 6) is 2.77. The molecule has 6 heteroatoms. The Hall–Kier alpha value is -1.79. The molecule has 26 heavy (non-hydrogen) atoms. The maximum atomic E-state index is 13.2. The standard InChI is InChI=1S/C20H25N3O2S/c24-20(18-13-19(25-21-18)16-7-2-1-3-8-16)23-11-6-12-26-15-17(23)14-22-9-4-5-10-22/h1-3,7-8,13,17H,4-6,9-12,14-15H2. The van der Waals surface area contributed by atoms with E-state index in [-0.39, 0.29) is 11.9 Å². The van der Waals surface area contributed by atoms with Crippen LogP contribution in [0.5, 0.6) is 0 Å². The second-order valence-electron chi connectivity index (χ2n) is 7.03. The Morgan fingerprint density at radius 3 is 2.77 bits per heavy atom. The number of aromatic nitrogens is 1. The van der Waals surface area contributed by atoms with Crippen LogP contribution in [-0.4, -0.2) is 64.6 Å². The van der Waals surface area contributed by atoms with Crippen molar-refractivity contribution < 1.29 is 9.32 Å². The first-order chi connectivity index (χ1) is 12.8. The van der Waals surface area contributed by atoms with Crippen LogP contribution >= 0.6 is 11.8 Å². The number of amides is 1. The molecule has 0 bridgehead atoms. The van der Waals surface area contributed by atoms with Gasteiger partial charge in [0.05, 0.1) is 6.04 Å². The second kappa shape index (κ2) is 8.27. The molecule has 0 spiro atoms. The van der Waals surface area contributed by atoms with Gasteiger partial charge in [-0.25, -0.2) is 0 Å². The van der Waals surface area contributed by atoms with Crippen LogP contribution in [0.1, 0.15) is 29.8 Å². The molecule has 2 aliphatic rings. The minimum Gasteiger partial charge on any atom is -0.355 e. The molecule has 1 unspecified atom stereocenters. The average Bonchev–Trinajstić information content (AvgIpc) is 3.31. The topological polar surface area (TPSA) is 49.6 Å². The summed E-state index contributed by atoms with van der Waals surface area (Å²) < 4.78 is 5.45. The third-order valence-corrected chi connectivity index (χ3v) is 6.35. The van der Waals surface area contributed by atoms with Gasteiger partial charge >= 0.3 is 0 Å². The van der Waals surface area contributed by atoms with Gasteiger partial charge < -0.3 is 14.3 Å². The number of hydrogen-bond acceptors (Lipinski definition) is 5. The van der Waals surface area contributed by atoms with Gasteiger partial charge in [0.1, 0.15) is 0 Å². The number of thioether (sulfide) groups is 1. The van der Waals surface area contributed by atoms with Crippen molar-refractivity contribution in [1.29, 1.82) is 0 Å². The van der Waals surface area contributed by atoms with Crippen molar-refractivity contribution >= 4 is 17.7 Å². The first kappa shape index (κ1) is 17.6. The van der Waals surface area contributed by atoms with Gasteiger partial charge in [-0.15, -0.1) is 0 Å². The number of rotatable bonds is 4. The van der Waals surface area contributed by atoms with Crippen LogP contribution in [0, 0.1) is 0 Å². The van der Waals surface area contributed by atoms with Gasteiger partial charge in [-0.3, -0.25) is 4.79 Å². The van der Waals surface area contributed by atoms with Gasteiger partial charge in [-0.05, 0) is 38.1 Å². The Kier molecular flexibility index (Phi) is 5.60. The molecule has 0 saturated carbocycles. The summed E-state index contributed by atoms with van der Waals surface area (Å²) >= 11 is 1.96. The van der Waals surface area contributed by atoms with E-state index in [1.807, 2.05) is 47.0 Å².